The van der Waals surface area contributed by atoms with Crippen molar-refractivity contribution >= 4 is 11.3 Å². The zero-order valence-electron chi connectivity index (χ0n) is 10.9. The van der Waals surface area contributed by atoms with Gasteiger partial charge in [-0.1, -0.05) is 0 Å². The van der Waals surface area contributed by atoms with Crippen LogP contribution in [0.15, 0.2) is 18.3 Å². The third kappa shape index (κ3) is 3.30. The number of halogens is 2. The van der Waals surface area contributed by atoms with Crippen molar-refractivity contribution in [2.45, 2.75) is 6.92 Å². The van der Waals surface area contributed by atoms with E-state index < -0.39 is 17.3 Å². The lowest BCUT2D eigenvalue weighted by Gasteiger charge is -2.08. The molecule has 0 spiro atoms. The highest BCUT2D eigenvalue weighted by Gasteiger charge is 2.12. The Kier molecular flexibility index (Phi) is 4.40. The molecule has 0 unspecified atom stereocenters. The summed E-state index contributed by atoms with van der Waals surface area (Å²) >= 11 is 0. The van der Waals surface area contributed by atoms with Crippen molar-refractivity contribution in [2.75, 3.05) is 11.9 Å². The Morgan fingerprint density at radius 2 is 2.19 bits per heavy atom. The van der Waals surface area contributed by atoms with Crippen molar-refractivity contribution in [3.63, 3.8) is 0 Å². The molecule has 1 heterocycles. The summed E-state index contributed by atoms with van der Waals surface area (Å²) in [4.78, 5) is 0. The Morgan fingerprint density at radius 3 is 2.71 bits per heavy atom. The molecule has 0 atom stereocenters. The molecule has 2 N–H and O–H groups in total. The minimum Gasteiger partial charge on any atom is -0.494 e. The van der Waals surface area contributed by atoms with Gasteiger partial charge in [0.1, 0.15) is 23.1 Å². The van der Waals surface area contributed by atoms with Gasteiger partial charge >= 0.3 is 0 Å². The Labute approximate surface area is 118 Å². The van der Waals surface area contributed by atoms with Gasteiger partial charge in [-0.2, -0.15) is 10.5 Å². The molecule has 0 aliphatic heterocycles. The zero-order chi connectivity index (χ0) is 15.2. The number of aromatic amines is 1. The predicted molar refractivity (Wildman–Crippen MR) is 68.9 cm³/mol. The molecule has 0 aliphatic rings. The van der Waals surface area contributed by atoms with Gasteiger partial charge in [0.25, 0.3) is 0 Å². The summed E-state index contributed by atoms with van der Waals surface area (Å²) in [5.41, 5.74) is -0.439. The fourth-order valence-corrected chi connectivity index (χ4v) is 1.50. The highest BCUT2D eigenvalue weighted by molar-refractivity contribution is 5.74. The monoisotopic (exact) mass is 292 g/mol. The SMILES string of the molecule is CCOc1cc(F)c(NC=C(C#N)c2nn[nH]n2)c(F)c1. The van der Waals surface area contributed by atoms with Crippen molar-refractivity contribution in [3.05, 3.63) is 35.8 Å². The van der Waals surface area contributed by atoms with Crippen LogP contribution in [-0.4, -0.2) is 27.2 Å². The maximum Gasteiger partial charge on any atom is 0.216 e. The van der Waals surface area contributed by atoms with Crippen LogP contribution >= 0.6 is 0 Å². The number of allylic oxidation sites excluding steroid dienone is 1. The van der Waals surface area contributed by atoms with Gasteiger partial charge in [0.15, 0.2) is 11.6 Å². The average Bonchev–Trinajstić information content (AvgIpc) is 2.96. The smallest absolute Gasteiger partial charge is 0.216 e. The number of rotatable bonds is 5. The highest BCUT2D eigenvalue weighted by Crippen LogP contribution is 2.25. The lowest BCUT2D eigenvalue weighted by molar-refractivity contribution is 0.336. The van der Waals surface area contributed by atoms with Gasteiger partial charge in [0.05, 0.1) is 6.61 Å². The first-order chi connectivity index (χ1) is 10.2. The summed E-state index contributed by atoms with van der Waals surface area (Å²) < 4.78 is 32.6. The van der Waals surface area contributed by atoms with Crippen molar-refractivity contribution in [3.8, 4) is 11.8 Å². The van der Waals surface area contributed by atoms with Crippen molar-refractivity contribution in [2.24, 2.45) is 0 Å². The number of H-pyrrole nitrogens is 1. The lowest BCUT2D eigenvalue weighted by atomic mass is 10.2. The first kappa shape index (κ1) is 14.4. The van der Waals surface area contributed by atoms with E-state index in [1.54, 1.807) is 13.0 Å². The summed E-state index contributed by atoms with van der Waals surface area (Å²) in [6.07, 6.45) is 1.09. The van der Waals surface area contributed by atoms with Crippen LogP contribution in [0.3, 0.4) is 0 Å². The van der Waals surface area contributed by atoms with Crippen LogP contribution < -0.4 is 10.1 Å². The standard InChI is InChI=1S/C12H10F2N6O/c1-2-21-8-3-9(13)11(10(14)4-8)16-6-7(5-15)12-17-19-20-18-12/h3-4,6,16H,2H2,1H3,(H,17,18,19,20). The molecule has 0 bridgehead atoms. The average molecular weight is 292 g/mol. The molecule has 108 valence electrons. The zero-order valence-corrected chi connectivity index (χ0v) is 10.9. The van der Waals surface area contributed by atoms with Crippen LogP contribution in [0.25, 0.3) is 5.57 Å². The number of anilines is 1. The molecule has 0 aliphatic carbocycles. The number of ether oxygens (including phenoxy) is 1. The van der Waals surface area contributed by atoms with Gasteiger partial charge in [-0.3, -0.25) is 0 Å². The van der Waals surface area contributed by atoms with Gasteiger partial charge in [-0.05, 0) is 12.1 Å². The molecule has 21 heavy (non-hydrogen) atoms. The Morgan fingerprint density at radius 1 is 1.48 bits per heavy atom. The summed E-state index contributed by atoms with van der Waals surface area (Å²) in [6, 6.07) is 3.88. The van der Waals surface area contributed by atoms with E-state index in [0.717, 1.165) is 18.3 Å². The molecule has 1 aromatic heterocycles. The largest absolute Gasteiger partial charge is 0.494 e. The van der Waals surface area contributed by atoms with E-state index in [1.165, 1.54) is 0 Å². The first-order valence-corrected chi connectivity index (χ1v) is 5.88. The number of hydrogen-bond donors (Lipinski definition) is 2. The van der Waals surface area contributed by atoms with E-state index in [1.807, 2.05) is 0 Å². The number of tetrazole rings is 1. The number of nitriles is 1. The van der Waals surface area contributed by atoms with Gasteiger partial charge in [-0.25, -0.2) is 8.78 Å². The minimum atomic E-state index is -0.847. The van der Waals surface area contributed by atoms with Crippen LogP contribution in [0.2, 0.25) is 0 Å². The summed E-state index contributed by atoms with van der Waals surface area (Å²) in [5.74, 6) is -1.60. The molecule has 0 saturated carbocycles. The molecule has 2 rings (SSSR count). The second-order valence-electron chi connectivity index (χ2n) is 3.74. The van der Waals surface area contributed by atoms with E-state index in [-0.39, 0.29) is 17.1 Å². The van der Waals surface area contributed by atoms with Crippen LogP contribution in [0.4, 0.5) is 14.5 Å². The number of nitrogens with one attached hydrogen (secondary N) is 2. The molecule has 2 aromatic rings. The Balaban J connectivity index is 2.26. The van der Waals surface area contributed by atoms with Crippen molar-refractivity contribution in [1.82, 2.24) is 20.6 Å². The normalized spacial score (nSPS) is 11.0. The molecule has 1 aromatic carbocycles. The Bertz CT molecular complexity index is 669. The summed E-state index contributed by atoms with van der Waals surface area (Å²) in [6.45, 7) is 2.00. The van der Waals surface area contributed by atoms with E-state index >= 15 is 0 Å². The second kappa shape index (κ2) is 6.42. The number of hydrogen-bond acceptors (Lipinski definition) is 6. The second-order valence-corrected chi connectivity index (χ2v) is 3.74. The third-order valence-electron chi connectivity index (χ3n) is 2.39. The molecule has 9 heteroatoms. The molecule has 7 nitrogen and oxygen atoms in total. The van der Waals surface area contributed by atoms with Crippen LogP contribution in [0, 0.1) is 23.0 Å². The van der Waals surface area contributed by atoms with Crippen LogP contribution in [0.5, 0.6) is 5.75 Å². The topological polar surface area (TPSA) is 99.5 Å². The summed E-state index contributed by atoms with van der Waals surface area (Å²) in [7, 11) is 0. The van der Waals surface area contributed by atoms with E-state index in [0.29, 0.717) is 6.61 Å². The van der Waals surface area contributed by atoms with Crippen LogP contribution in [0.1, 0.15) is 12.7 Å². The van der Waals surface area contributed by atoms with Gasteiger partial charge in [-0.15, -0.1) is 10.2 Å². The van der Waals surface area contributed by atoms with Gasteiger partial charge in [0.2, 0.25) is 5.82 Å². The van der Waals surface area contributed by atoms with Crippen molar-refractivity contribution in [1.29, 1.82) is 5.26 Å². The fourth-order valence-electron chi connectivity index (χ4n) is 1.50. The number of aromatic nitrogens is 4. The molecule has 0 saturated heterocycles. The maximum atomic E-state index is 13.8. The van der Waals surface area contributed by atoms with E-state index in [9.17, 15) is 8.78 Å². The highest BCUT2D eigenvalue weighted by atomic mass is 19.1. The minimum absolute atomic E-state index is 0.0109. The van der Waals surface area contributed by atoms with Gasteiger partial charge < -0.3 is 10.1 Å². The predicted octanol–water partition coefficient (Wildman–Crippen LogP) is 1.85. The molecular weight excluding hydrogens is 282 g/mol. The van der Waals surface area contributed by atoms with Crippen molar-refractivity contribution < 1.29 is 13.5 Å². The summed E-state index contributed by atoms with van der Waals surface area (Å²) in [5, 5.41) is 24.0. The quantitative estimate of drug-likeness (QED) is 0.816. The lowest BCUT2D eigenvalue weighted by Crippen LogP contribution is -2.00. The molecule has 0 amide bonds. The number of benzene rings is 1. The molecule has 0 fully saturated rings. The fraction of sp³-hybridized carbons (Fsp3) is 0.167. The number of nitrogens with zero attached hydrogens (tertiary/aromatic N) is 4. The van der Waals surface area contributed by atoms with E-state index in [2.05, 4.69) is 25.9 Å². The maximum absolute atomic E-state index is 13.8. The third-order valence-corrected chi connectivity index (χ3v) is 2.39. The van der Waals surface area contributed by atoms with Crippen LogP contribution in [-0.2, 0) is 0 Å². The molecular formula is C12H10F2N6O. The van der Waals surface area contributed by atoms with E-state index in [4.69, 9.17) is 10.00 Å². The first-order valence-electron chi connectivity index (χ1n) is 5.88. The molecule has 0 radical (unpaired) electrons. The van der Waals surface area contributed by atoms with Gasteiger partial charge in [0, 0.05) is 18.3 Å². The Hall–Kier alpha value is -3.02.